The largest absolute Gasteiger partial charge is 0.367 e. The molecule has 0 radical (unpaired) electrons. The predicted octanol–water partition coefficient (Wildman–Crippen LogP) is 2.11. The van der Waals surface area contributed by atoms with E-state index in [-0.39, 0.29) is 6.10 Å². The van der Waals surface area contributed by atoms with Gasteiger partial charge in [0.2, 0.25) is 6.54 Å². The Morgan fingerprint density at radius 2 is 2.18 bits per heavy atom. The summed E-state index contributed by atoms with van der Waals surface area (Å²) >= 11 is 0. The zero-order valence-corrected chi connectivity index (χ0v) is 7.21. The Balaban J connectivity index is 2.38. The van der Waals surface area contributed by atoms with Crippen molar-refractivity contribution in [2.24, 2.45) is 5.92 Å². The average Bonchev–Trinajstić information content (AvgIpc) is 1.85. The van der Waals surface area contributed by atoms with E-state index in [2.05, 4.69) is 18.7 Å². The molecule has 62 valence electrons. The lowest BCUT2D eigenvalue weighted by molar-refractivity contribution is -0.0497. The third-order valence-electron chi connectivity index (χ3n) is 2.12. The van der Waals surface area contributed by atoms with E-state index in [1.54, 1.807) is 0 Å². The molecule has 0 spiro atoms. The van der Waals surface area contributed by atoms with Crippen LogP contribution in [0.3, 0.4) is 0 Å². The molecule has 1 aliphatic rings. The first kappa shape index (κ1) is 8.55. The van der Waals surface area contributed by atoms with Crippen LogP contribution in [0.15, 0.2) is 0 Å². The molecule has 1 saturated heterocycles. The topological polar surface area (TPSA) is 13.6 Å². The van der Waals surface area contributed by atoms with Gasteiger partial charge in [0.1, 0.15) is 6.10 Å². The zero-order valence-electron chi connectivity index (χ0n) is 7.21. The van der Waals surface area contributed by atoms with Crippen LogP contribution in [-0.2, 0) is 4.74 Å². The quantitative estimate of drug-likeness (QED) is 0.526. The number of ether oxygens (including phenoxy) is 1. The van der Waals surface area contributed by atoms with Gasteiger partial charge in [0, 0.05) is 0 Å². The van der Waals surface area contributed by atoms with Crippen LogP contribution in [0.2, 0.25) is 0 Å². The highest BCUT2D eigenvalue weighted by molar-refractivity contribution is 4.78. The summed E-state index contributed by atoms with van der Waals surface area (Å²) in [6, 6.07) is 0. The van der Waals surface area contributed by atoms with Gasteiger partial charge in [0.05, 0.1) is 6.10 Å². The number of rotatable bonds is 1. The maximum absolute atomic E-state index is 6.72. The molecule has 0 amide bonds. The minimum atomic E-state index is 0.200. The molecular weight excluding hydrogens is 138 g/mol. The minimum Gasteiger partial charge on any atom is -0.367 e. The predicted molar refractivity (Wildman–Crippen MR) is 44.2 cm³/mol. The van der Waals surface area contributed by atoms with E-state index in [1.807, 2.05) is 0 Å². The molecule has 0 aromatic heterocycles. The van der Waals surface area contributed by atoms with Crippen molar-refractivity contribution < 1.29 is 4.74 Å². The summed E-state index contributed by atoms with van der Waals surface area (Å²) in [5, 5.41) is 0. The number of nitrogens with zero attached hydrogens (tertiary/aromatic N) is 1. The average molecular weight is 153 g/mol. The van der Waals surface area contributed by atoms with Crippen molar-refractivity contribution in [2.75, 3.05) is 6.54 Å². The molecule has 1 fully saturated rings. The summed E-state index contributed by atoms with van der Waals surface area (Å²) < 4.78 is 5.58. The highest BCUT2D eigenvalue weighted by atomic mass is 16.5. The molecule has 2 nitrogen and oxygen atoms in total. The first-order chi connectivity index (χ1) is 5.22. The molecule has 0 saturated carbocycles. The number of hydrogen-bond acceptors (Lipinski definition) is 1. The molecular formula is C9H15NO. The van der Waals surface area contributed by atoms with Crippen molar-refractivity contribution in [3.05, 3.63) is 11.4 Å². The monoisotopic (exact) mass is 153 g/mol. The van der Waals surface area contributed by atoms with Gasteiger partial charge < -0.3 is 9.58 Å². The maximum atomic E-state index is 6.72. The van der Waals surface area contributed by atoms with E-state index >= 15 is 0 Å². The van der Waals surface area contributed by atoms with Gasteiger partial charge in [-0.25, -0.2) is 6.57 Å². The van der Waals surface area contributed by atoms with Crippen LogP contribution in [0.1, 0.15) is 26.7 Å². The molecule has 1 aliphatic heterocycles. The van der Waals surface area contributed by atoms with Crippen molar-refractivity contribution in [1.82, 2.24) is 0 Å². The summed E-state index contributed by atoms with van der Waals surface area (Å²) in [5.41, 5.74) is 0. The second-order valence-electron chi connectivity index (χ2n) is 3.49. The van der Waals surface area contributed by atoms with E-state index in [1.165, 1.54) is 0 Å². The van der Waals surface area contributed by atoms with Gasteiger partial charge >= 0.3 is 0 Å². The second-order valence-corrected chi connectivity index (χ2v) is 3.49. The van der Waals surface area contributed by atoms with Gasteiger partial charge in [-0.2, -0.15) is 0 Å². The number of hydrogen-bond donors (Lipinski definition) is 0. The van der Waals surface area contributed by atoms with E-state index < -0.39 is 0 Å². The van der Waals surface area contributed by atoms with Crippen molar-refractivity contribution in [3.8, 4) is 0 Å². The van der Waals surface area contributed by atoms with E-state index in [4.69, 9.17) is 11.3 Å². The van der Waals surface area contributed by atoms with Gasteiger partial charge in [0.15, 0.2) is 0 Å². The fraction of sp³-hybridized carbons (Fsp3) is 0.889. The molecule has 1 heterocycles. The summed E-state index contributed by atoms with van der Waals surface area (Å²) in [5.74, 6) is 0.727. The Morgan fingerprint density at radius 3 is 2.73 bits per heavy atom. The third-order valence-corrected chi connectivity index (χ3v) is 2.12. The normalized spacial score (nSPS) is 38.1. The molecule has 11 heavy (non-hydrogen) atoms. The van der Waals surface area contributed by atoms with E-state index in [0.29, 0.717) is 12.6 Å². The fourth-order valence-electron chi connectivity index (χ4n) is 1.77. The summed E-state index contributed by atoms with van der Waals surface area (Å²) in [7, 11) is 0. The standard InChI is InChI=1S/C9H15NO/c1-7-4-8(2)11-9(5-7)6-10-3/h7-9H,4-6H2,1-2H3/t7-,8-,9-/m0/s1. The Bertz CT molecular complexity index is 151. The van der Waals surface area contributed by atoms with Crippen LogP contribution >= 0.6 is 0 Å². The molecule has 2 heteroatoms. The Kier molecular flexibility index (Phi) is 2.90. The summed E-state index contributed by atoms with van der Waals surface area (Å²) in [4.78, 5) is 3.35. The second kappa shape index (κ2) is 3.73. The maximum Gasteiger partial charge on any atom is 0.240 e. The zero-order chi connectivity index (χ0) is 8.27. The van der Waals surface area contributed by atoms with Crippen LogP contribution in [0.4, 0.5) is 0 Å². The van der Waals surface area contributed by atoms with Gasteiger partial charge in [0.25, 0.3) is 0 Å². The first-order valence-electron chi connectivity index (χ1n) is 4.21. The van der Waals surface area contributed by atoms with Gasteiger partial charge in [-0.15, -0.1) is 0 Å². The van der Waals surface area contributed by atoms with Crippen LogP contribution in [0, 0.1) is 12.5 Å². The summed E-state index contributed by atoms with van der Waals surface area (Å²) in [6.45, 7) is 11.6. The van der Waals surface area contributed by atoms with Crippen molar-refractivity contribution >= 4 is 0 Å². The Morgan fingerprint density at radius 1 is 1.45 bits per heavy atom. The lowest BCUT2D eigenvalue weighted by Crippen LogP contribution is -2.31. The molecule has 0 aromatic rings. The first-order valence-corrected chi connectivity index (χ1v) is 4.21. The van der Waals surface area contributed by atoms with E-state index in [9.17, 15) is 0 Å². The van der Waals surface area contributed by atoms with Crippen molar-refractivity contribution in [3.63, 3.8) is 0 Å². The Hall–Kier alpha value is -0.550. The molecule has 0 N–H and O–H groups in total. The van der Waals surface area contributed by atoms with Gasteiger partial charge in [-0.3, -0.25) is 0 Å². The van der Waals surface area contributed by atoms with Crippen LogP contribution in [0.25, 0.3) is 4.85 Å². The lowest BCUT2D eigenvalue weighted by Gasteiger charge is -2.29. The van der Waals surface area contributed by atoms with Gasteiger partial charge in [-0.1, -0.05) is 6.92 Å². The summed E-state index contributed by atoms with van der Waals surface area (Å²) in [6.07, 6.45) is 2.76. The Labute approximate surface area is 68.4 Å². The van der Waals surface area contributed by atoms with Crippen LogP contribution in [0.5, 0.6) is 0 Å². The van der Waals surface area contributed by atoms with E-state index in [0.717, 1.165) is 18.8 Å². The minimum absolute atomic E-state index is 0.200. The third kappa shape index (κ3) is 2.51. The lowest BCUT2D eigenvalue weighted by atomic mass is 9.94. The highest BCUT2D eigenvalue weighted by Crippen LogP contribution is 2.24. The fourth-order valence-corrected chi connectivity index (χ4v) is 1.77. The molecule has 0 aliphatic carbocycles. The van der Waals surface area contributed by atoms with Crippen molar-refractivity contribution in [1.29, 1.82) is 0 Å². The highest BCUT2D eigenvalue weighted by Gasteiger charge is 2.25. The smallest absolute Gasteiger partial charge is 0.240 e. The van der Waals surface area contributed by atoms with Crippen molar-refractivity contribution in [2.45, 2.75) is 38.9 Å². The molecule has 0 unspecified atom stereocenters. The molecule has 0 bridgehead atoms. The van der Waals surface area contributed by atoms with Crippen LogP contribution < -0.4 is 0 Å². The molecule has 0 aromatic carbocycles. The molecule has 1 rings (SSSR count). The SMILES string of the molecule is [C-]#[N+]C[C@@H]1C[C@@H](C)C[C@H](C)O1. The van der Waals surface area contributed by atoms with Crippen LogP contribution in [-0.4, -0.2) is 18.8 Å². The molecule has 3 atom stereocenters. The van der Waals surface area contributed by atoms with Gasteiger partial charge in [-0.05, 0) is 25.7 Å².